The van der Waals surface area contributed by atoms with E-state index in [4.69, 9.17) is 26.2 Å². The van der Waals surface area contributed by atoms with Crippen molar-refractivity contribution in [1.29, 1.82) is 0 Å². The van der Waals surface area contributed by atoms with Crippen LogP contribution in [0.2, 0.25) is 5.02 Å². The van der Waals surface area contributed by atoms with Gasteiger partial charge in [0.15, 0.2) is 11.5 Å². The monoisotopic (exact) mass is 299 g/mol. The molecule has 112 valence electrons. The molecule has 0 amide bonds. The fourth-order valence-electron chi connectivity index (χ4n) is 2.37. The van der Waals surface area contributed by atoms with Crippen molar-refractivity contribution in [3.8, 4) is 11.5 Å². The Bertz CT molecular complexity index is 449. The third-order valence-corrected chi connectivity index (χ3v) is 3.69. The van der Waals surface area contributed by atoms with Crippen molar-refractivity contribution >= 4 is 11.6 Å². The molecule has 1 aliphatic rings. The van der Waals surface area contributed by atoms with E-state index in [1.807, 2.05) is 19.1 Å². The van der Waals surface area contributed by atoms with E-state index in [0.29, 0.717) is 35.7 Å². The standard InChI is InChI=1S/C15H22ClNO3/c1-3-20-14-9-11(8-13(16)15(14)19-2)10-17(6-7-18)12-4-5-12/h8-9,12,18H,3-7,10H2,1-2H3. The number of hydrogen-bond donors (Lipinski definition) is 1. The average molecular weight is 300 g/mol. The summed E-state index contributed by atoms with van der Waals surface area (Å²) in [5.74, 6) is 1.26. The lowest BCUT2D eigenvalue weighted by molar-refractivity contribution is 0.183. The van der Waals surface area contributed by atoms with E-state index in [1.54, 1.807) is 7.11 Å². The van der Waals surface area contributed by atoms with Gasteiger partial charge in [0, 0.05) is 19.1 Å². The number of halogens is 1. The minimum Gasteiger partial charge on any atom is -0.491 e. The second-order valence-corrected chi connectivity index (χ2v) is 5.37. The maximum absolute atomic E-state index is 9.15. The van der Waals surface area contributed by atoms with Crippen LogP contribution < -0.4 is 9.47 Å². The van der Waals surface area contributed by atoms with Crippen molar-refractivity contribution in [2.24, 2.45) is 0 Å². The molecule has 1 saturated carbocycles. The molecule has 4 nitrogen and oxygen atoms in total. The highest BCUT2D eigenvalue weighted by Crippen LogP contribution is 2.37. The molecule has 1 aliphatic carbocycles. The first-order chi connectivity index (χ1) is 9.69. The van der Waals surface area contributed by atoms with Crippen LogP contribution in [-0.2, 0) is 6.54 Å². The smallest absolute Gasteiger partial charge is 0.179 e. The van der Waals surface area contributed by atoms with E-state index >= 15 is 0 Å². The second-order valence-electron chi connectivity index (χ2n) is 4.97. The second kappa shape index (κ2) is 7.16. The van der Waals surface area contributed by atoms with Crippen LogP contribution in [0.25, 0.3) is 0 Å². The number of aliphatic hydroxyl groups excluding tert-OH is 1. The molecule has 0 saturated heterocycles. The Kier molecular flexibility index (Phi) is 5.52. The van der Waals surface area contributed by atoms with Crippen LogP contribution >= 0.6 is 11.6 Å². The minimum absolute atomic E-state index is 0.179. The summed E-state index contributed by atoms with van der Waals surface area (Å²) in [5, 5.41) is 9.72. The average Bonchev–Trinajstić information content (AvgIpc) is 3.23. The minimum atomic E-state index is 0.179. The first kappa shape index (κ1) is 15.4. The van der Waals surface area contributed by atoms with Crippen molar-refractivity contribution in [3.63, 3.8) is 0 Å². The summed E-state index contributed by atoms with van der Waals surface area (Å²) in [6.45, 7) is 4.15. The summed E-state index contributed by atoms with van der Waals surface area (Å²) in [6.07, 6.45) is 2.42. The van der Waals surface area contributed by atoms with E-state index in [0.717, 1.165) is 12.1 Å². The number of benzene rings is 1. The summed E-state index contributed by atoms with van der Waals surface area (Å²) >= 11 is 6.25. The molecule has 0 spiro atoms. The van der Waals surface area contributed by atoms with Gasteiger partial charge in [-0.25, -0.2) is 0 Å². The van der Waals surface area contributed by atoms with Crippen LogP contribution in [0.4, 0.5) is 0 Å². The van der Waals surface area contributed by atoms with Crippen molar-refractivity contribution in [1.82, 2.24) is 4.90 Å². The van der Waals surface area contributed by atoms with Gasteiger partial charge in [-0.15, -0.1) is 0 Å². The summed E-state index contributed by atoms with van der Waals surface area (Å²) in [6, 6.07) is 4.48. The Hall–Kier alpha value is -0.970. The highest BCUT2D eigenvalue weighted by Gasteiger charge is 2.28. The van der Waals surface area contributed by atoms with Crippen molar-refractivity contribution in [2.45, 2.75) is 32.4 Å². The lowest BCUT2D eigenvalue weighted by atomic mass is 10.1. The van der Waals surface area contributed by atoms with Crippen LogP contribution in [-0.4, -0.2) is 42.9 Å². The topological polar surface area (TPSA) is 41.9 Å². The van der Waals surface area contributed by atoms with E-state index in [1.165, 1.54) is 12.8 Å². The lowest BCUT2D eigenvalue weighted by Gasteiger charge is -2.22. The summed E-state index contributed by atoms with van der Waals surface area (Å²) in [7, 11) is 1.59. The Morgan fingerprint density at radius 1 is 1.40 bits per heavy atom. The number of methoxy groups -OCH3 is 1. The van der Waals surface area contributed by atoms with Gasteiger partial charge in [0.25, 0.3) is 0 Å². The van der Waals surface area contributed by atoms with Gasteiger partial charge in [-0.2, -0.15) is 0 Å². The van der Waals surface area contributed by atoms with Gasteiger partial charge in [-0.3, -0.25) is 4.90 Å². The summed E-state index contributed by atoms with van der Waals surface area (Å²) < 4.78 is 10.9. The Morgan fingerprint density at radius 2 is 2.15 bits per heavy atom. The van der Waals surface area contributed by atoms with Gasteiger partial charge in [0.05, 0.1) is 25.3 Å². The fourth-order valence-corrected chi connectivity index (χ4v) is 2.68. The molecule has 1 fully saturated rings. The Labute approximate surface area is 125 Å². The van der Waals surface area contributed by atoms with E-state index in [-0.39, 0.29) is 6.61 Å². The maximum atomic E-state index is 9.15. The van der Waals surface area contributed by atoms with Crippen LogP contribution in [0.3, 0.4) is 0 Å². The van der Waals surface area contributed by atoms with Gasteiger partial charge in [-0.1, -0.05) is 11.6 Å². The molecular formula is C15H22ClNO3. The molecule has 1 N–H and O–H groups in total. The number of ether oxygens (including phenoxy) is 2. The summed E-state index contributed by atoms with van der Waals surface area (Å²) in [5.41, 5.74) is 1.08. The molecule has 20 heavy (non-hydrogen) atoms. The van der Waals surface area contributed by atoms with Crippen LogP contribution in [0, 0.1) is 0 Å². The zero-order valence-corrected chi connectivity index (χ0v) is 12.8. The third kappa shape index (κ3) is 3.78. The van der Waals surface area contributed by atoms with E-state index in [9.17, 15) is 0 Å². The zero-order chi connectivity index (χ0) is 14.5. The molecule has 2 rings (SSSR count). The highest BCUT2D eigenvalue weighted by molar-refractivity contribution is 6.32. The molecule has 5 heteroatoms. The fraction of sp³-hybridized carbons (Fsp3) is 0.600. The number of nitrogens with zero attached hydrogens (tertiary/aromatic N) is 1. The van der Waals surface area contributed by atoms with Crippen molar-refractivity contribution in [3.05, 3.63) is 22.7 Å². The largest absolute Gasteiger partial charge is 0.491 e. The van der Waals surface area contributed by atoms with Gasteiger partial charge < -0.3 is 14.6 Å². The van der Waals surface area contributed by atoms with Crippen LogP contribution in [0.15, 0.2) is 12.1 Å². The van der Waals surface area contributed by atoms with E-state index in [2.05, 4.69) is 4.90 Å². The normalized spacial score (nSPS) is 14.7. The molecule has 0 bridgehead atoms. The first-order valence-electron chi connectivity index (χ1n) is 7.03. The number of aliphatic hydroxyl groups is 1. The Balaban J connectivity index is 2.18. The molecule has 1 aromatic rings. The quantitative estimate of drug-likeness (QED) is 0.801. The van der Waals surface area contributed by atoms with Crippen LogP contribution in [0.5, 0.6) is 11.5 Å². The molecule has 0 unspecified atom stereocenters. The molecular weight excluding hydrogens is 278 g/mol. The predicted molar refractivity (Wildman–Crippen MR) is 79.7 cm³/mol. The van der Waals surface area contributed by atoms with Crippen molar-refractivity contribution < 1.29 is 14.6 Å². The SMILES string of the molecule is CCOc1cc(CN(CCO)C2CC2)cc(Cl)c1OC. The highest BCUT2D eigenvalue weighted by atomic mass is 35.5. The van der Waals surface area contributed by atoms with Gasteiger partial charge >= 0.3 is 0 Å². The van der Waals surface area contributed by atoms with Crippen LogP contribution in [0.1, 0.15) is 25.3 Å². The molecule has 1 aromatic carbocycles. The molecule has 0 heterocycles. The molecule has 0 atom stereocenters. The number of rotatable bonds is 8. The Morgan fingerprint density at radius 3 is 2.70 bits per heavy atom. The number of hydrogen-bond acceptors (Lipinski definition) is 4. The van der Waals surface area contributed by atoms with Gasteiger partial charge in [-0.05, 0) is 37.5 Å². The van der Waals surface area contributed by atoms with E-state index < -0.39 is 0 Å². The molecule has 0 aliphatic heterocycles. The lowest BCUT2D eigenvalue weighted by Crippen LogP contribution is -2.28. The third-order valence-electron chi connectivity index (χ3n) is 3.41. The summed E-state index contributed by atoms with van der Waals surface area (Å²) in [4.78, 5) is 2.29. The first-order valence-corrected chi connectivity index (χ1v) is 7.41. The predicted octanol–water partition coefficient (Wildman–Crippen LogP) is 2.70. The van der Waals surface area contributed by atoms with Gasteiger partial charge in [0.2, 0.25) is 0 Å². The molecule has 0 aromatic heterocycles. The van der Waals surface area contributed by atoms with Crippen molar-refractivity contribution in [2.75, 3.05) is 26.9 Å². The zero-order valence-electron chi connectivity index (χ0n) is 12.1. The maximum Gasteiger partial charge on any atom is 0.179 e. The van der Waals surface area contributed by atoms with Gasteiger partial charge in [0.1, 0.15) is 0 Å². The molecule has 0 radical (unpaired) electrons.